The van der Waals surface area contributed by atoms with Gasteiger partial charge in [-0.05, 0) is 25.0 Å². The summed E-state index contributed by atoms with van der Waals surface area (Å²) in [6, 6.07) is 7.53. The third-order valence-electron chi connectivity index (χ3n) is 2.53. The van der Waals surface area contributed by atoms with Crippen molar-refractivity contribution in [3.05, 3.63) is 23.8 Å². The summed E-state index contributed by atoms with van der Waals surface area (Å²) in [7, 11) is 1.56. The van der Waals surface area contributed by atoms with E-state index in [1.807, 2.05) is 12.1 Å². The van der Waals surface area contributed by atoms with Gasteiger partial charge < -0.3 is 20.9 Å². The molecule has 0 aliphatic heterocycles. The minimum Gasteiger partial charge on any atom is -0.493 e. The second-order valence-corrected chi connectivity index (χ2v) is 4.11. The SMILES string of the molecule is COc1cccc(C=NN=C(N)N)c1OCCCCC#N. The maximum absolute atomic E-state index is 8.49. The Balaban J connectivity index is 2.80. The molecular weight excluding hydrogens is 270 g/mol. The summed E-state index contributed by atoms with van der Waals surface area (Å²) in [5, 5.41) is 15.8. The normalized spacial score (nSPS) is 10.1. The highest BCUT2D eigenvalue weighted by Gasteiger charge is 2.09. The molecule has 0 aliphatic carbocycles. The van der Waals surface area contributed by atoms with Crippen molar-refractivity contribution in [3.63, 3.8) is 0 Å². The van der Waals surface area contributed by atoms with Gasteiger partial charge in [-0.1, -0.05) is 6.07 Å². The van der Waals surface area contributed by atoms with E-state index in [4.69, 9.17) is 26.2 Å². The van der Waals surface area contributed by atoms with Crippen LogP contribution in [-0.2, 0) is 0 Å². The predicted octanol–water partition coefficient (Wildman–Crippen LogP) is 1.38. The van der Waals surface area contributed by atoms with Crippen LogP contribution in [-0.4, -0.2) is 25.9 Å². The molecule has 0 unspecified atom stereocenters. The number of para-hydroxylation sites is 1. The molecule has 4 N–H and O–H groups in total. The standard InChI is InChI=1S/C14H19N5O2/c1-20-12-7-5-6-11(10-18-19-14(16)17)13(12)21-9-4-2-3-8-15/h5-7,10H,2-4,9H2,1H3,(H4,16,17,19). The molecule has 0 spiro atoms. The molecule has 0 saturated heterocycles. The van der Waals surface area contributed by atoms with Crippen molar-refractivity contribution in [1.29, 1.82) is 5.26 Å². The Bertz CT molecular complexity index is 545. The zero-order chi connectivity index (χ0) is 15.5. The molecule has 1 rings (SSSR count). The lowest BCUT2D eigenvalue weighted by molar-refractivity contribution is 0.286. The molecule has 21 heavy (non-hydrogen) atoms. The Labute approximate surface area is 123 Å². The van der Waals surface area contributed by atoms with Gasteiger partial charge in [0.05, 0.1) is 26.0 Å². The first-order chi connectivity index (χ1) is 10.2. The van der Waals surface area contributed by atoms with Gasteiger partial charge in [0.25, 0.3) is 0 Å². The van der Waals surface area contributed by atoms with Crippen molar-refractivity contribution >= 4 is 12.2 Å². The van der Waals surface area contributed by atoms with Crippen LogP contribution < -0.4 is 20.9 Å². The minimum absolute atomic E-state index is 0.117. The zero-order valence-corrected chi connectivity index (χ0v) is 12.0. The van der Waals surface area contributed by atoms with E-state index in [1.165, 1.54) is 6.21 Å². The summed E-state index contributed by atoms with van der Waals surface area (Å²) in [4.78, 5) is 0. The number of benzene rings is 1. The summed E-state index contributed by atoms with van der Waals surface area (Å²) in [6.45, 7) is 0.491. The number of ether oxygens (including phenoxy) is 2. The number of guanidine groups is 1. The van der Waals surface area contributed by atoms with Crippen LogP contribution in [0.15, 0.2) is 28.4 Å². The highest BCUT2D eigenvalue weighted by Crippen LogP contribution is 2.30. The molecule has 0 bridgehead atoms. The number of unbranched alkanes of at least 4 members (excludes halogenated alkanes) is 2. The lowest BCUT2D eigenvalue weighted by Crippen LogP contribution is -2.21. The molecular formula is C14H19N5O2. The Morgan fingerprint density at radius 3 is 2.86 bits per heavy atom. The van der Waals surface area contributed by atoms with Gasteiger partial charge in [-0.3, -0.25) is 0 Å². The largest absolute Gasteiger partial charge is 0.493 e. The van der Waals surface area contributed by atoms with Crippen LogP contribution in [0.5, 0.6) is 11.5 Å². The topological polar surface area (TPSA) is 119 Å². The molecule has 1 aromatic rings. The maximum Gasteiger partial charge on any atom is 0.211 e. The van der Waals surface area contributed by atoms with Crippen LogP contribution in [0.3, 0.4) is 0 Å². The molecule has 7 nitrogen and oxygen atoms in total. The summed E-state index contributed by atoms with van der Waals surface area (Å²) in [6.07, 6.45) is 3.60. The summed E-state index contributed by atoms with van der Waals surface area (Å²) >= 11 is 0. The molecule has 7 heteroatoms. The first kappa shape index (κ1) is 16.3. The van der Waals surface area contributed by atoms with E-state index in [0.29, 0.717) is 30.1 Å². The molecule has 0 fully saturated rings. The van der Waals surface area contributed by atoms with Gasteiger partial charge in [0.15, 0.2) is 11.5 Å². The average molecular weight is 289 g/mol. The average Bonchev–Trinajstić information content (AvgIpc) is 2.47. The second-order valence-electron chi connectivity index (χ2n) is 4.11. The van der Waals surface area contributed by atoms with Gasteiger partial charge in [-0.25, -0.2) is 0 Å². The van der Waals surface area contributed by atoms with Crippen LogP contribution in [0.1, 0.15) is 24.8 Å². The van der Waals surface area contributed by atoms with E-state index >= 15 is 0 Å². The van der Waals surface area contributed by atoms with Gasteiger partial charge in [-0.2, -0.15) is 10.4 Å². The molecule has 0 heterocycles. The number of nitriles is 1. The van der Waals surface area contributed by atoms with Crippen LogP contribution >= 0.6 is 0 Å². The minimum atomic E-state index is -0.117. The molecule has 0 amide bonds. The van der Waals surface area contributed by atoms with E-state index in [1.54, 1.807) is 13.2 Å². The molecule has 0 aromatic heterocycles. The van der Waals surface area contributed by atoms with Crippen molar-refractivity contribution in [3.8, 4) is 17.6 Å². The van der Waals surface area contributed by atoms with E-state index < -0.39 is 0 Å². The second kappa shape index (κ2) is 9.20. The van der Waals surface area contributed by atoms with E-state index in [0.717, 1.165) is 12.8 Å². The van der Waals surface area contributed by atoms with Gasteiger partial charge in [0.2, 0.25) is 5.96 Å². The number of nitrogens with two attached hydrogens (primary N) is 2. The van der Waals surface area contributed by atoms with E-state index in [-0.39, 0.29) is 5.96 Å². The quantitative estimate of drug-likeness (QED) is 0.324. The Kier molecular flexibility index (Phi) is 7.14. The Morgan fingerprint density at radius 1 is 1.38 bits per heavy atom. The van der Waals surface area contributed by atoms with Crippen molar-refractivity contribution in [1.82, 2.24) is 0 Å². The number of rotatable bonds is 8. The first-order valence-corrected chi connectivity index (χ1v) is 6.47. The smallest absolute Gasteiger partial charge is 0.211 e. The van der Waals surface area contributed by atoms with Crippen LogP contribution in [0.25, 0.3) is 0 Å². The van der Waals surface area contributed by atoms with Crippen molar-refractivity contribution in [2.45, 2.75) is 19.3 Å². The third-order valence-corrected chi connectivity index (χ3v) is 2.53. The lowest BCUT2D eigenvalue weighted by Gasteiger charge is -2.12. The van der Waals surface area contributed by atoms with Crippen LogP contribution in [0.2, 0.25) is 0 Å². The number of nitrogens with zero attached hydrogens (tertiary/aromatic N) is 3. The Morgan fingerprint density at radius 2 is 2.19 bits per heavy atom. The molecule has 112 valence electrons. The zero-order valence-electron chi connectivity index (χ0n) is 12.0. The van der Waals surface area contributed by atoms with Crippen molar-refractivity contribution in [2.75, 3.05) is 13.7 Å². The van der Waals surface area contributed by atoms with Crippen molar-refractivity contribution in [2.24, 2.45) is 21.7 Å². The Hall–Kier alpha value is -2.75. The summed E-state index contributed by atoms with van der Waals surface area (Å²) in [5.41, 5.74) is 11.1. The fraction of sp³-hybridized carbons (Fsp3) is 0.357. The number of hydrogen-bond donors (Lipinski definition) is 2. The summed E-state index contributed by atoms with van der Waals surface area (Å²) < 4.78 is 11.0. The maximum atomic E-state index is 8.49. The molecule has 0 aliphatic rings. The monoisotopic (exact) mass is 289 g/mol. The fourth-order valence-electron chi connectivity index (χ4n) is 1.59. The predicted molar refractivity (Wildman–Crippen MR) is 81.4 cm³/mol. The first-order valence-electron chi connectivity index (χ1n) is 6.47. The van der Waals surface area contributed by atoms with Crippen LogP contribution in [0, 0.1) is 11.3 Å². The van der Waals surface area contributed by atoms with Crippen LogP contribution in [0.4, 0.5) is 0 Å². The van der Waals surface area contributed by atoms with Gasteiger partial charge in [0.1, 0.15) is 0 Å². The summed E-state index contributed by atoms with van der Waals surface area (Å²) in [5.74, 6) is 1.06. The fourth-order valence-corrected chi connectivity index (χ4v) is 1.59. The molecule has 0 saturated carbocycles. The third kappa shape index (κ3) is 5.82. The highest BCUT2D eigenvalue weighted by atomic mass is 16.5. The van der Waals surface area contributed by atoms with Gasteiger partial charge in [-0.15, -0.1) is 5.10 Å². The molecule has 0 radical (unpaired) electrons. The van der Waals surface area contributed by atoms with Gasteiger partial charge in [0, 0.05) is 12.0 Å². The highest BCUT2D eigenvalue weighted by molar-refractivity contribution is 5.86. The van der Waals surface area contributed by atoms with Gasteiger partial charge >= 0.3 is 0 Å². The molecule has 1 aromatic carbocycles. The van der Waals surface area contributed by atoms with E-state index in [2.05, 4.69) is 16.3 Å². The van der Waals surface area contributed by atoms with E-state index in [9.17, 15) is 0 Å². The number of hydrogen-bond acceptors (Lipinski definition) is 5. The molecule has 0 atom stereocenters. The number of methoxy groups -OCH3 is 1. The lowest BCUT2D eigenvalue weighted by atomic mass is 10.2. The van der Waals surface area contributed by atoms with Crippen molar-refractivity contribution < 1.29 is 9.47 Å².